The first-order valence-electron chi connectivity index (χ1n) is 2.74. The van der Waals surface area contributed by atoms with Crippen LogP contribution in [0.2, 0.25) is 0 Å². The summed E-state index contributed by atoms with van der Waals surface area (Å²) in [6.45, 7) is 0. The van der Waals surface area contributed by atoms with Crippen LogP contribution in [0.15, 0.2) is 17.3 Å². The molecule has 66 valence electrons. The van der Waals surface area contributed by atoms with Crippen LogP contribution in [-0.4, -0.2) is 13.4 Å². The molecule has 1 aromatic heterocycles. The van der Waals surface area contributed by atoms with Gasteiger partial charge < -0.3 is 0 Å². The molecule has 0 bridgehead atoms. The summed E-state index contributed by atoms with van der Waals surface area (Å²) in [5.41, 5.74) is 0. The number of hydrogen-bond donors (Lipinski definition) is 1. The highest BCUT2D eigenvalue weighted by Crippen LogP contribution is 2.17. The van der Waals surface area contributed by atoms with Crippen molar-refractivity contribution in [1.82, 2.24) is 4.98 Å². The predicted octanol–water partition coefficient (Wildman–Crippen LogP) is 0.473. The van der Waals surface area contributed by atoms with Crippen molar-refractivity contribution in [2.45, 2.75) is 4.90 Å². The summed E-state index contributed by atoms with van der Waals surface area (Å²) >= 11 is 1.56. The normalized spacial score (nSPS) is 11.6. The zero-order valence-electron chi connectivity index (χ0n) is 5.66. The Balaban J connectivity index is 3.47. The molecule has 12 heavy (non-hydrogen) atoms. The highest BCUT2D eigenvalue weighted by atomic mass is 127. The molecule has 0 saturated carbocycles. The third-order valence-corrected chi connectivity index (χ3v) is 3.50. The largest absolute Gasteiger partial charge is 0.260 e. The van der Waals surface area contributed by atoms with Crippen LogP contribution in [0.1, 0.15) is 0 Å². The first kappa shape index (κ1) is 9.81. The molecule has 0 aliphatic heterocycles. The van der Waals surface area contributed by atoms with Crippen LogP contribution in [0, 0.1) is 9.39 Å². The van der Waals surface area contributed by atoms with Crippen molar-refractivity contribution in [3.05, 3.63) is 21.8 Å². The van der Waals surface area contributed by atoms with Crippen molar-refractivity contribution >= 4 is 32.6 Å². The molecule has 0 atom stereocenters. The number of sulfonamides is 1. The van der Waals surface area contributed by atoms with Gasteiger partial charge in [0.1, 0.15) is 4.90 Å². The molecule has 0 unspecified atom stereocenters. The van der Waals surface area contributed by atoms with E-state index >= 15 is 0 Å². The Kier molecular flexibility index (Phi) is 2.64. The Morgan fingerprint density at radius 1 is 1.50 bits per heavy atom. The lowest BCUT2D eigenvalue weighted by Gasteiger charge is -2.00. The average molecular weight is 302 g/mol. The van der Waals surface area contributed by atoms with E-state index in [-0.39, 0.29) is 8.47 Å². The topological polar surface area (TPSA) is 73.1 Å². The number of primary sulfonamides is 1. The van der Waals surface area contributed by atoms with E-state index in [1.165, 1.54) is 0 Å². The second kappa shape index (κ2) is 3.23. The van der Waals surface area contributed by atoms with Gasteiger partial charge in [0.2, 0.25) is 10.0 Å². The van der Waals surface area contributed by atoms with E-state index in [1.54, 1.807) is 22.6 Å². The van der Waals surface area contributed by atoms with Crippen LogP contribution in [0.5, 0.6) is 0 Å². The zero-order chi connectivity index (χ0) is 9.35. The first-order chi connectivity index (χ1) is 5.43. The first-order valence-corrected chi connectivity index (χ1v) is 5.37. The Hall–Kier alpha value is -0.280. The van der Waals surface area contributed by atoms with E-state index in [0.29, 0.717) is 0 Å². The van der Waals surface area contributed by atoms with E-state index in [2.05, 4.69) is 4.98 Å². The van der Waals surface area contributed by atoms with Crippen LogP contribution in [-0.2, 0) is 10.0 Å². The molecule has 0 aliphatic rings. The minimum Gasteiger partial charge on any atom is -0.260 e. The lowest BCUT2D eigenvalue weighted by Crippen LogP contribution is -2.14. The summed E-state index contributed by atoms with van der Waals surface area (Å²) in [4.78, 5) is 3.08. The van der Waals surface area contributed by atoms with Crippen LogP contribution < -0.4 is 5.14 Å². The van der Waals surface area contributed by atoms with Gasteiger partial charge in [0.25, 0.3) is 0 Å². The SMILES string of the molecule is NS(=O)(=O)c1cncc(F)c1I. The minimum atomic E-state index is -3.87. The quantitative estimate of drug-likeness (QED) is 0.767. The smallest absolute Gasteiger partial charge is 0.240 e. The van der Waals surface area contributed by atoms with E-state index in [4.69, 9.17) is 5.14 Å². The highest BCUT2D eigenvalue weighted by molar-refractivity contribution is 14.1. The van der Waals surface area contributed by atoms with Gasteiger partial charge in [0.05, 0.1) is 9.77 Å². The number of rotatable bonds is 1. The van der Waals surface area contributed by atoms with Crippen molar-refractivity contribution in [1.29, 1.82) is 0 Å². The number of pyridine rings is 1. The predicted molar refractivity (Wildman–Crippen MR) is 48.3 cm³/mol. The molecule has 1 rings (SSSR count). The van der Waals surface area contributed by atoms with Gasteiger partial charge in [-0.25, -0.2) is 17.9 Å². The van der Waals surface area contributed by atoms with Crippen molar-refractivity contribution in [2.75, 3.05) is 0 Å². The monoisotopic (exact) mass is 302 g/mol. The standard InChI is InChI=1S/C5H4FIN2O2S/c6-3-1-9-2-4(5(3)7)12(8,10)11/h1-2H,(H2,8,10,11). The van der Waals surface area contributed by atoms with Gasteiger partial charge in [-0.3, -0.25) is 4.98 Å². The molecular weight excluding hydrogens is 298 g/mol. The number of nitrogens with zero attached hydrogens (tertiary/aromatic N) is 1. The summed E-state index contributed by atoms with van der Waals surface area (Å²) in [5, 5.41) is 4.79. The van der Waals surface area contributed by atoms with Crippen LogP contribution in [0.3, 0.4) is 0 Å². The fourth-order valence-electron chi connectivity index (χ4n) is 0.600. The molecule has 0 aliphatic carbocycles. The van der Waals surface area contributed by atoms with Gasteiger partial charge >= 0.3 is 0 Å². The van der Waals surface area contributed by atoms with Gasteiger partial charge in [-0.15, -0.1) is 0 Å². The molecule has 0 saturated heterocycles. The molecule has 2 N–H and O–H groups in total. The second-order valence-electron chi connectivity index (χ2n) is 1.98. The molecular formula is C5H4FIN2O2S. The number of nitrogens with two attached hydrogens (primary N) is 1. The Bertz CT molecular complexity index is 406. The van der Waals surface area contributed by atoms with E-state index < -0.39 is 15.8 Å². The summed E-state index contributed by atoms with van der Waals surface area (Å²) in [7, 11) is -3.87. The van der Waals surface area contributed by atoms with Crippen LogP contribution in [0.4, 0.5) is 4.39 Å². The lowest BCUT2D eigenvalue weighted by atomic mass is 10.5. The van der Waals surface area contributed by atoms with Gasteiger partial charge in [0, 0.05) is 6.20 Å². The average Bonchev–Trinajstić information content (AvgIpc) is 1.92. The van der Waals surface area contributed by atoms with Crippen LogP contribution in [0.25, 0.3) is 0 Å². The van der Waals surface area contributed by atoms with E-state index in [9.17, 15) is 12.8 Å². The summed E-state index contributed by atoms with van der Waals surface area (Å²) in [5.74, 6) is -0.692. The summed E-state index contributed by atoms with van der Waals surface area (Å²) in [6, 6.07) is 0. The van der Waals surface area contributed by atoms with E-state index in [1.807, 2.05) is 0 Å². The third kappa shape index (κ3) is 1.90. The maximum absolute atomic E-state index is 12.7. The zero-order valence-corrected chi connectivity index (χ0v) is 8.63. The van der Waals surface area contributed by atoms with Gasteiger partial charge in [-0.05, 0) is 22.6 Å². The number of halogens is 2. The molecule has 1 aromatic rings. The molecule has 0 radical (unpaired) electrons. The second-order valence-corrected chi connectivity index (χ2v) is 4.59. The van der Waals surface area contributed by atoms with Crippen molar-refractivity contribution in [3.63, 3.8) is 0 Å². The fourth-order valence-corrected chi connectivity index (χ4v) is 2.35. The lowest BCUT2D eigenvalue weighted by molar-refractivity contribution is 0.585. The minimum absolute atomic E-state index is 0.0369. The van der Waals surface area contributed by atoms with Crippen molar-refractivity contribution in [3.8, 4) is 0 Å². The Morgan fingerprint density at radius 2 is 2.08 bits per heavy atom. The molecule has 4 nitrogen and oxygen atoms in total. The van der Waals surface area contributed by atoms with Crippen molar-refractivity contribution in [2.24, 2.45) is 5.14 Å². The molecule has 7 heteroatoms. The Morgan fingerprint density at radius 3 is 2.50 bits per heavy atom. The number of aromatic nitrogens is 1. The van der Waals surface area contributed by atoms with Crippen LogP contribution >= 0.6 is 22.6 Å². The number of hydrogen-bond acceptors (Lipinski definition) is 3. The molecule has 0 aromatic carbocycles. The molecule has 0 amide bonds. The maximum atomic E-state index is 12.7. The summed E-state index contributed by atoms with van der Waals surface area (Å²) in [6.07, 6.45) is 1.94. The fraction of sp³-hybridized carbons (Fsp3) is 0. The van der Waals surface area contributed by atoms with Gasteiger partial charge in [-0.2, -0.15) is 0 Å². The molecule has 0 spiro atoms. The summed E-state index contributed by atoms with van der Waals surface area (Å²) < 4.78 is 34.2. The van der Waals surface area contributed by atoms with Gasteiger partial charge in [0.15, 0.2) is 5.82 Å². The molecule has 0 fully saturated rings. The van der Waals surface area contributed by atoms with Gasteiger partial charge in [-0.1, -0.05) is 0 Å². The third-order valence-electron chi connectivity index (χ3n) is 1.11. The maximum Gasteiger partial charge on any atom is 0.240 e. The Labute approximate surface area is 82.2 Å². The highest BCUT2D eigenvalue weighted by Gasteiger charge is 2.15. The van der Waals surface area contributed by atoms with E-state index in [0.717, 1.165) is 12.4 Å². The molecule has 1 heterocycles. The van der Waals surface area contributed by atoms with Crippen molar-refractivity contribution < 1.29 is 12.8 Å².